The van der Waals surface area contributed by atoms with Crippen molar-refractivity contribution in [1.29, 1.82) is 0 Å². The maximum atomic E-state index is 6.15. The fourth-order valence-corrected chi connectivity index (χ4v) is 2.94. The van der Waals surface area contributed by atoms with E-state index < -0.39 is 0 Å². The summed E-state index contributed by atoms with van der Waals surface area (Å²) in [5.41, 5.74) is 1.98. The molecule has 0 unspecified atom stereocenters. The largest absolute Gasteiger partial charge is 0.495 e. The molecule has 0 aromatic heterocycles. The Labute approximate surface area is 156 Å². The predicted molar refractivity (Wildman–Crippen MR) is 102 cm³/mol. The van der Waals surface area contributed by atoms with E-state index in [1.54, 1.807) is 7.11 Å². The van der Waals surface area contributed by atoms with E-state index in [2.05, 4.69) is 21.2 Å². The smallest absolute Gasteiger partial charge is 0.162 e. The average Bonchev–Trinajstić information content (AvgIpc) is 2.56. The highest BCUT2D eigenvalue weighted by molar-refractivity contribution is 9.10. The summed E-state index contributed by atoms with van der Waals surface area (Å²) in [6.45, 7) is 5.70. The van der Waals surface area contributed by atoms with Crippen molar-refractivity contribution in [3.63, 3.8) is 0 Å². The molecule has 0 aliphatic carbocycles. The number of benzene rings is 2. The summed E-state index contributed by atoms with van der Waals surface area (Å²) in [7, 11) is 1.60. The normalized spacial score (nSPS) is 10.4. The van der Waals surface area contributed by atoms with E-state index in [1.807, 2.05) is 44.2 Å². The van der Waals surface area contributed by atoms with Crippen LogP contribution in [0.5, 0.6) is 17.2 Å². The molecule has 130 valence electrons. The molecule has 0 fully saturated rings. The zero-order valence-electron chi connectivity index (χ0n) is 14.0. The fourth-order valence-electron chi connectivity index (χ4n) is 2.22. The zero-order chi connectivity index (χ0) is 17.5. The van der Waals surface area contributed by atoms with Crippen LogP contribution in [-0.2, 0) is 6.54 Å². The molecule has 0 heterocycles. The lowest BCUT2D eigenvalue weighted by atomic mass is 10.2. The van der Waals surface area contributed by atoms with E-state index in [-0.39, 0.29) is 0 Å². The van der Waals surface area contributed by atoms with Gasteiger partial charge in [-0.25, -0.2) is 0 Å². The lowest BCUT2D eigenvalue weighted by Gasteiger charge is -2.15. The highest BCUT2D eigenvalue weighted by Crippen LogP contribution is 2.34. The SMILES string of the molecule is CCOc1cc(Br)c(CNc2ccc(OC)c(Cl)c2)cc1OCC. The fraction of sp³-hybridized carbons (Fsp3) is 0.333. The number of halogens is 2. The summed E-state index contributed by atoms with van der Waals surface area (Å²) in [5, 5.41) is 3.92. The Balaban J connectivity index is 2.16. The number of hydrogen-bond donors (Lipinski definition) is 1. The quantitative estimate of drug-likeness (QED) is 0.617. The maximum absolute atomic E-state index is 6.15. The van der Waals surface area contributed by atoms with Crippen molar-refractivity contribution in [2.45, 2.75) is 20.4 Å². The van der Waals surface area contributed by atoms with Crippen molar-refractivity contribution in [3.05, 3.63) is 45.4 Å². The van der Waals surface area contributed by atoms with Crippen molar-refractivity contribution >= 4 is 33.2 Å². The first-order valence-electron chi connectivity index (χ1n) is 7.74. The molecular weight excluding hydrogens is 394 g/mol. The highest BCUT2D eigenvalue weighted by atomic mass is 79.9. The number of nitrogens with one attached hydrogen (secondary N) is 1. The molecule has 6 heteroatoms. The molecule has 0 spiro atoms. The van der Waals surface area contributed by atoms with Crippen molar-refractivity contribution < 1.29 is 14.2 Å². The molecule has 2 rings (SSSR count). The summed E-state index contributed by atoms with van der Waals surface area (Å²) in [4.78, 5) is 0. The first kappa shape index (κ1) is 18.7. The zero-order valence-corrected chi connectivity index (χ0v) is 16.3. The third-order valence-electron chi connectivity index (χ3n) is 3.35. The van der Waals surface area contributed by atoms with Crippen LogP contribution in [-0.4, -0.2) is 20.3 Å². The van der Waals surface area contributed by atoms with Crippen molar-refractivity contribution in [3.8, 4) is 17.2 Å². The molecular formula is C18H21BrClNO3. The molecule has 0 radical (unpaired) electrons. The summed E-state index contributed by atoms with van der Waals surface area (Å²) in [6.07, 6.45) is 0. The molecule has 0 aliphatic rings. The van der Waals surface area contributed by atoms with Gasteiger partial charge in [0.25, 0.3) is 0 Å². The molecule has 0 saturated heterocycles. The molecule has 0 aliphatic heterocycles. The molecule has 1 N–H and O–H groups in total. The van der Waals surface area contributed by atoms with Gasteiger partial charge in [0.2, 0.25) is 0 Å². The van der Waals surface area contributed by atoms with Crippen molar-refractivity contribution in [1.82, 2.24) is 0 Å². The van der Waals surface area contributed by atoms with Crippen LogP contribution in [0, 0.1) is 0 Å². The maximum Gasteiger partial charge on any atom is 0.162 e. The molecule has 2 aromatic carbocycles. The molecule has 24 heavy (non-hydrogen) atoms. The Morgan fingerprint density at radius 1 is 1.00 bits per heavy atom. The number of hydrogen-bond acceptors (Lipinski definition) is 4. The second-order valence-corrected chi connectivity index (χ2v) is 6.22. The number of anilines is 1. The molecule has 0 atom stereocenters. The predicted octanol–water partition coefficient (Wildman–Crippen LogP) is 5.52. The second kappa shape index (κ2) is 9.04. The van der Waals surface area contributed by atoms with Gasteiger partial charge in [0.1, 0.15) is 5.75 Å². The number of ether oxygens (including phenoxy) is 3. The van der Waals surface area contributed by atoms with Crippen LogP contribution in [0.1, 0.15) is 19.4 Å². The van der Waals surface area contributed by atoms with Gasteiger partial charge in [0, 0.05) is 16.7 Å². The Bertz CT molecular complexity index is 694. The third-order valence-corrected chi connectivity index (χ3v) is 4.38. The van der Waals surface area contributed by atoms with Crippen LogP contribution in [0.15, 0.2) is 34.8 Å². The number of methoxy groups -OCH3 is 1. The highest BCUT2D eigenvalue weighted by Gasteiger charge is 2.11. The first-order valence-corrected chi connectivity index (χ1v) is 8.91. The van der Waals surface area contributed by atoms with Gasteiger partial charge < -0.3 is 19.5 Å². The van der Waals surface area contributed by atoms with E-state index in [9.17, 15) is 0 Å². The Morgan fingerprint density at radius 3 is 2.25 bits per heavy atom. The summed E-state index contributed by atoms with van der Waals surface area (Å²) in [5.74, 6) is 2.14. The minimum absolute atomic E-state index is 0.572. The summed E-state index contributed by atoms with van der Waals surface area (Å²) >= 11 is 9.75. The van der Waals surface area contributed by atoms with Crippen molar-refractivity contribution in [2.24, 2.45) is 0 Å². The number of rotatable bonds is 8. The molecule has 0 saturated carbocycles. The lowest BCUT2D eigenvalue weighted by Crippen LogP contribution is -2.04. The average molecular weight is 415 g/mol. The van der Waals surface area contributed by atoms with Gasteiger partial charge in [0.15, 0.2) is 11.5 Å². The van der Waals surface area contributed by atoms with Crippen LogP contribution >= 0.6 is 27.5 Å². The Kier molecular flexibility index (Phi) is 7.06. The second-order valence-electron chi connectivity index (χ2n) is 4.96. The van der Waals surface area contributed by atoms with Crippen LogP contribution in [0.2, 0.25) is 5.02 Å². The standard InChI is InChI=1S/C18H21BrClNO3/c1-4-23-17-8-12(14(19)10-18(17)24-5-2)11-21-13-6-7-16(22-3)15(20)9-13/h6-10,21H,4-5,11H2,1-3H3. The van der Waals surface area contributed by atoms with Crippen LogP contribution in [0.4, 0.5) is 5.69 Å². The van der Waals surface area contributed by atoms with Gasteiger partial charge >= 0.3 is 0 Å². The van der Waals surface area contributed by atoms with Gasteiger partial charge in [-0.15, -0.1) is 0 Å². The van der Waals surface area contributed by atoms with Crippen LogP contribution < -0.4 is 19.5 Å². The van der Waals surface area contributed by atoms with E-state index in [1.165, 1.54) is 0 Å². The lowest BCUT2D eigenvalue weighted by molar-refractivity contribution is 0.287. The van der Waals surface area contributed by atoms with Crippen LogP contribution in [0.3, 0.4) is 0 Å². The molecule has 0 bridgehead atoms. The summed E-state index contributed by atoms with van der Waals surface area (Å²) in [6, 6.07) is 9.52. The Morgan fingerprint density at radius 2 is 1.67 bits per heavy atom. The minimum Gasteiger partial charge on any atom is -0.495 e. The first-order chi connectivity index (χ1) is 11.6. The van der Waals surface area contributed by atoms with E-state index in [0.717, 1.165) is 27.2 Å². The van der Waals surface area contributed by atoms with E-state index in [0.29, 0.717) is 30.5 Å². The van der Waals surface area contributed by atoms with Crippen LogP contribution in [0.25, 0.3) is 0 Å². The van der Waals surface area contributed by atoms with E-state index in [4.69, 9.17) is 25.8 Å². The van der Waals surface area contributed by atoms with Gasteiger partial charge in [0.05, 0.1) is 25.3 Å². The molecule has 0 amide bonds. The van der Waals surface area contributed by atoms with Gasteiger partial charge in [-0.2, -0.15) is 0 Å². The van der Waals surface area contributed by atoms with Gasteiger partial charge in [-0.3, -0.25) is 0 Å². The monoisotopic (exact) mass is 413 g/mol. The Hall–Kier alpha value is -1.59. The van der Waals surface area contributed by atoms with E-state index >= 15 is 0 Å². The molecule has 4 nitrogen and oxygen atoms in total. The van der Waals surface area contributed by atoms with Crippen molar-refractivity contribution in [2.75, 3.05) is 25.6 Å². The summed E-state index contributed by atoms with van der Waals surface area (Å²) < 4.78 is 17.4. The third kappa shape index (κ3) is 4.71. The van der Waals surface area contributed by atoms with Gasteiger partial charge in [-0.05, 0) is 49.7 Å². The topological polar surface area (TPSA) is 39.7 Å². The van der Waals surface area contributed by atoms with Gasteiger partial charge in [-0.1, -0.05) is 27.5 Å². The minimum atomic E-state index is 0.572. The molecule has 2 aromatic rings.